The van der Waals surface area contributed by atoms with Gasteiger partial charge in [0.05, 0.1) is 43.9 Å². The highest BCUT2D eigenvalue weighted by Crippen LogP contribution is 2.23. The van der Waals surface area contributed by atoms with Crippen LogP contribution in [0, 0.1) is 0 Å². The standard InChI is InChI=1S/C24H26N4O7S/c1-5-28-20(13-35-17-9-7-16(32-2)8-10-17)26-27-24(28)36-14-21(29)25-19-12-15(22(30)33-3)6-11-18(19)23(31)34-4/h6-12H,5,13-14H2,1-4H3,(H,25,29). The summed E-state index contributed by atoms with van der Waals surface area (Å²) in [5, 5.41) is 11.6. The third-order valence-electron chi connectivity index (χ3n) is 4.99. The molecule has 0 aliphatic heterocycles. The van der Waals surface area contributed by atoms with Gasteiger partial charge in [-0.3, -0.25) is 4.79 Å². The van der Waals surface area contributed by atoms with Crippen LogP contribution in [0.25, 0.3) is 0 Å². The Morgan fingerprint density at radius 1 is 0.944 bits per heavy atom. The first kappa shape index (κ1) is 26.5. The Morgan fingerprint density at radius 2 is 1.64 bits per heavy atom. The quantitative estimate of drug-likeness (QED) is 0.301. The number of carbonyl (C=O) groups is 3. The van der Waals surface area contributed by atoms with Gasteiger partial charge in [-0.1, -0.05) is 11.8 Å². The third-order valence-corrected chi connectivity index (χ3v) is 5.96. The Balaban J connectivity index is 1.66. The molecule has 0 bridgehead atoms. The minimum atomic E-state index is -0.651. The van der Waals surface area contributed by atoms with Gasteiger partial charge < -0.3 is 28.8 Å². The number of aromatic nitrogens is 3. The Bertz CT molecular complexity index is 1230. The maximum Gasteiger partial charge on any atom is 0.339 e. The van der Waals surface area contributed by atoms with Crippen molar-refractivity contribution in [1.29, 1.82) is 0 Å². The average Bonchev–Trinajstić information content (AvgIpc) is 3.31. The molecule has 1 N–H and O–H groups in total. The van der Waals surface area contributed by atoms with Gasteiger partial charge in [0.15, 0.2) is 11.0 Å². The van der Waals surface area contributed by atoms with Crippen molar-refractivity contribution in [3.8, 4) is 11.5 Å². The largest absolute Gasteiger partial charge is 0.497 e. The predicted octanol–water partition coefficient (Wildman–Crippen LogP) is 3.19. The lowest BCUT2D eigenvalue weighted by molar-refractivity contribution is -0.113. The summed E-state index contributed by atoms with van der Waals surface area (Å²) >= 11 is 1.18. The molecule has 0 radical (unpaired) electrons. The fourth-order valence-electron chi connectivity index (χ4n) is 3.17. The van der Waals surface area contributed by atoms with Crippen LogP contribution < -0.4 is 14.8 Å². The molecule has 0 aliphatic carbocycles. The highest BCUT2D eigenvalue weighted by atomic mass is 32.2. The number of nitrogens with zero attached hydrogens (tertiary/aromatic N) is 3. The number of methoxy groups -OCH3 is 3. The number of ether oxygens (including phenoxy) is 4. The number of carbonyl (C=O) groups excluding carboxylic acids is 3. The zero-order chi connectivity index (χ0) is 26.1. The fourth-order valence-corrected chi connectivity index (χ4v) is 3.99. The minimum Gasteiger partial charge on any atom is -0.497 e. The molecule has 190 valence electrons. The topological polar surface area (TPSA) is 131 Å². The van der Waals surface area contributed by atoms with Gasteiger partial charge in [0.1, 0.15) is 18.1 Å². The van der Waals surface area contributed by atoms with E-state index in [-0.39, 0.29) is 29.2 Å². The van der Waals surface area contributed by atoms with Gasteiger partial charge in [-0.15, -0.1) is 10.2 Å². The maximum atomic E-state index is 12.7. The number of anilines is 1. The van der Waals surface area contributed by atoms with E-state index in [9.17, 15) is 14.4 Å². The number of benzene rings is 2. The first-order valence-corrected chi connectivity index (χ1v) is 11.8. The third kappa shape index (κ3) is 6.54. The molecular formula is C24H26N4O7S. The van der Waals surface area contributed by atoms with Crippen molar-refractivity contribution in [1.82, 2.24) is 14.8 Å². The molecule has 0 atom stereocenters. The van der Waals surface area contributed by atoms with E-state index in [1.54, 1.807) is 31.4 Å². The van der Waals surface area contributed by atoms with Crippen molar-refractivity contribution in [3.05, 3.63) is 59.4 Å². The van der Waals surface area contributed by atoms with Crippen LogP contribution in [-0.2, 0) is 27.4 Å². The molecule has 0 aliphatic rings. The Morgan fingerprint density at radius 3 is 2.28 bits per heavy atom. The maximum absolute atomic E-state index is 12.7. The molecule has 2 aromatic carbocycles. The van der Waals surface area contributed by atoms with E-state index >= 15 is 0 Å². The summed E-state index contributed by atoms with van der Waals surface area (Å²) in [6, 6.07) is 11.4. The van der Waals surface area contributed by atoms with E-state index in [4.69, 9.17) is 18.9 Å². The molecule has 0 unspecified atom stereocenters. The first-order chi connectivity index (χ1) is 17.4. The van der Waals surface area contributed by atoms with Gasteiger partial charge in [-0.05, 0) is 49.4 Å². The minimum absolute atomic E-state index is 0.0134. The van der Waals surface area contributed by atoms with Crippen LogP contribution in [0.15, 0.2) is 47.6 Å². The molecule has 3 rings (SSSR count). The van der Waals surface area contributed by atoms with Crippen molar-refractivity contribution in [3.63, 3.8) is 0 Å². The van der Waals surface area contributed by atoms with Gasteiger partial charge >= 0.3 is 11.9 Å². The molecule has 0 fully saturated rings. The van der Waals surface area contributed by atoms with E-state index in [0.717, 1.165) is 5.75 Å². The van der Waals surface area contributed by atoms with Gasteiger partial charge in [0.2, 0.25) is 5.91 Å². The number of amides is 1. The van der Waals surface area contributed by atoms with Gasteiger partial charge in [0, 0.05) is 6.54 Å². The summed E-state index contributed by atoms with van der Waals surface area (Å²) in [7, 11) is 4.06. The molecule has 1 heterocycles. The van der Waals surface area contributed by atoms with Gasteiger partial charge in [-0.2, -0.15) is 0 Å². The average molecular weight is 515 g/mol. The molecule has 12 heteroatoms. The second-order valence-corrected chi connectivity index (χ2v) is 8.13. The fraction of sp³-hybridized carbons (Fsp3) is 0.292. The first-order valence-electron chi connectivity index (χ1n) is 10.8. The summed E-state index contributed by atoms with van der Waals surface area (Å²) in [5.74, 6) is 0.320. The van der Waals surface area contributed by atoms with Crippen molar-refractivity contribution in [2.75, 3.05) is 32.4 Å². The van der Waals surface area contributed by atoms with Crippen LogP contribution in [0.4, 0.5) is 5.69 Å². The Hall–Kier alpha value is -4.06. The zero-order valence-corrected chi connectivity index (χ0v) is 21.1. The summed E-state index contributed by atoms with van der Waals surface area (Å²) in [4.78, 5) is 36.6. The molecule has 11 nitrogen and oxygen atoms in total. The summed E-state index contributed by atoms with van der Waals surface area (Å²) in [6.07, 6.45) is 0. The summed E-state index contributed by atoms with van der Waals surface area (Å²) in [5.41, 5.74) is 0.430. The van der Waals surface area contributed by atoms with Crippen molar-refractivity contribution in [2.24, 2.45) is 0 Å². The van der Waals surface area contributed by atoms with E-state index < -0.39 is 17.8 Å². The van der Waals surface area contributed by atoms with E-state index in [0.29, 0.717) is 23.3 Å². The molecule has 36 heavy (non-hydrogen) atoms. The SMILES string of the molecule is CCn1c(COc2ccc(OC)cc2)nnc1SCC(=O)Nc1cc(C(=O)OC)ccc1C(=O)OC. The van der Waals surface area contributed by atoms with Crippen molar-refractivity contribution >= 4 is 35.3 Å². The molecule has 3 aromatic rings. The van der Waals surface area contributed by atoms with E-state index in [2.05, 4.69) is 15.5 Å². The molecule has 0 spiro atoms. The van der Waals surface area contributed by atoms with E-state index in [1.165, 1.54) is 44.2 Å². The predicted molar refractivity (Wildman–Crippen MR) is 131 cm³/mol. The highest BCUT2D eigenvalue weighted by Gasteiger charge is 2.19. The van der Waals surface area contributed by atoms with Crippen molar-refractivity contribution in [2.45, 2.75) is 25.2 Å². The molecule has 1 aromatic heterocycles. The smallest absolute Gasteiger partial charge is 0.339 e. The number of rotatable bonds is 11. The second-order valence-electron chi connectivity index (χ2n) is 7.19. The van der Waals surface area contributed by atoms with Gasteiger partial charge in [-0.25, -0.2) is 9.59 Å². The number of esters is 2. The zero-order valence-electron chi connectivity index (χ0n) is 20.3. The Labute approximate surface area is 212 Å². The van der Waals surface area contributed by atoms with E-state index in [1.807, 2.05) is 11.5 Å². The normalized spacial score (nSPS) is 10.4. The monoisotopic (exact) mass is 514 g/mol. The summed E-state index contributed by atoms with van der Waals surface area (Å²) in [6.45, 7) is 2.71. The molecule has 0 saturated heterocycles. The number of nitrogens with one attached hydrogen (secondary N) is 1. The lowest BCUT2D eigenvalue weighted by atomic mass is 10.1. The Kier molecular flexibility index (Phi) is 9.28. The highest BCUT2D eigenvalue weighted by molar-refractivity contribution is 7.99. The second kappa shape index (κ2) is 12.6. The van der Waals surface area contributed by atoms with Crippen LogP contribution in [0.1, 0.15) is 33.5 Å². The molecular weight excluding hydrogens is 488 g/mol. The number of hydrogen-bond donors (Lipinski definition) is 1. The van der Waals surface area contributed by atoms with Crippen LogP contribution >= 0.6 is 11.8 Å². The van der Waals surface area contributed by atoms with Crippen molar-refractivity contribution < 1.29 is 33.3 Å². The number of thioether (sulfide) groups is 1. The van der Waals surface area contributed by atoms with Crippen LogP contribution in [0.5, 0.6) is 11.5 Å². The lowest BCUT2D eigenvalue weighted by Crippen LogP contribution is -2.18. The van der Waals surface area contributed by atoms with Crippen LogP contribution in [0.2, 0.25) is 0 Å². The van der Waals surface area contributed by atoms with Gasteiger partial charge in [0.25, 0.3) is 0 Å². The summed E-state index contributed by atoms with van der Waals surface area (Å²) < 4.78 is 22.2. The molecule has 1 amide bonds. The number of hydrogen-bond acceptors (Lipinski definition) is 10. The molecule has 0 saturated carbocycles. The van der Waals surface area contributed by atoms with Crippen LogP contribution in [-0.4, -0.2) is 59.7 Å². The van der Waals surface area contributed by atoms with Crippen LogP contribution in [0.3, 0.4) is 0 Å². The lowest BCUT2D eigenvalue weighted by Gasteiger charge is -2.12.